The molecule has 0 aliphatic carbocycles. The van der Waals surface area contributed by atoms with Crippen LogP contribution in [0, 0.1) is 0 Å². The van der Waals surface area contributed by atoms with E-state index in [0.29, 0.717) is 5.75 Å². The molecule has 0 spiro atoms. The first kappa shape index (κ1) is 10.5. The Morgan fingerprint density at radius 2 is 2.14 bits per heavy atom. The molecule has 0 atom stereocenters. The minimum Gasteiger partial charge on any atom is -0.491 e. The van der Waals surface area contributed by atoms with Gasteiger partial charge in [-0.25, -0.2) is 4.98 Å². The Kier molecular flexibility index (Phi) is 3.41. The highest BCUT2D eigenvalue weighted by Gasteiger charge is 2.10. The van der Waals surface area contributed by atoms with E-state index >= 15 is 0 Å². The van der Waals surface area contributed by atoms with Crippen LogP contribution in [0.3, 0.4) is 0 Å². The fourth-order valence-corrected chi connectivity index (χ4v) is 0.989. The van der Waals surface area contributed by atoms with E-state index in [4.69, 9.17) is 15.2 Å². The van der Waals surface area contributed by atoms with Crippen LogP contribution in [0.4, 0.5) is 0 Å². The number of ether oxygens (including phenoxy) is 2. The average Bonchev–Trinajstić information content (AvgIpc) is 2.26. The van der Waals surface area contributed by atoms with Gasteiger partial charge in [0.25, 0.3) is 5.88 Å². The quantitative estimate of drug-likeness (QED) is 0.698. The molecule has 0 amide bonds. The van der Waals surface area contributed by atoms with E-state index in [1.165, 1.54) is 14.2 Å². The van der Waals surface area contributed by atoms with Crippen molar-refractivity contribution in [3.63, 3.8) is 0 Å². The molecule has 0 saturated carbocycles. The molecule has 14 heavy (non-hydrogen) atoms. The summed E-state index contributed by atoms with van der Waals surface area (Å²) < 4.78 is 9.92. The number of methoxy groups -OCH3 is 2. The predicted octanol–water partition coefficient (Wildman–Crippen LogP) is 0.240. The van der Waals surface area contributed by atoms with E-state index in [9.17, 15) is 4.79 Å². The first-order chi connectivity index (χ1) is 6.72. The van der Waals surface area contributed by atoms with Gasteiger partial charge in [-0.3, -0.25) is 4.79 Å². The van der Waals surface area contributed by atoms with Crippen LogP contribution in [0.15, 0.2) is 12.1 Å². The predicted molar refractivity (Wildman–Crippen MR) is 50.7 cm³/mol. The third-order valence-electron chi connectivity index (χ3n) is 1.71. The zero-order valence-electron chi connectivity index (χ0n) is 8.11. The van der Waals surface area contributed by atoms with Gasteiger partial charge in [0.15, 0.2) is 11.5 Å². The topological polar surface area (TPSA) is 74.4 Å². The van der Waals surface area contributed by atoms with Crippen LogP contribution in [0.25, 0.3) is 0 Å². The largest absolute Gasteiger partial charge is 0.491 e. The van der Waals surface area contributed by atoms with Gasteiger partial charge in [-0.1, -0.05) is 0 Å². The Morgan fingerprint density at radius 1 is 1.43 bits per heavy atom. The second-order valence-electron chi connectivity index (χ2n) is 2.54. The van der Waals surface area contributed by atoms with Gasteiger partial charge in [0.1, 0.15) is 5.69 Å². The molecular weight excluding hydrogens is 184 g/mol. The van der Waals surface area contributed by atoms with E-state index in [1.54, 1.807) is 12.1 Å². The number of Topliss-reactive ketones (excluding diaryl/α,β-unsaturated/α-hetero) is 1. The van der Waals surface area contributed by atoms with Crippen molar-refractivity contribution in [1.82, 2.24) is 4.98 Å². The van der Waals surface area contributed by atoms with Crippen LogP contribution < -0.4 is 15.2 Å². The van der Waals surface area contributed by atoms with Gasteiger partial charge < -0.3 is 15.2 Å². The second kappa shape index (κ2) is 4.57. The Morgan fingerprint density at radius 3 is 2.64 bits per heavy atom. The molecule has 1 heterocycles. The molecule has 5 nitrogen and oxygen atoms in total. The van der Waals surface area contributed by atoms with Gasteiger partial charge in [0.05, 0.1) is 20.8 Å². The molecule has 5 heteroatoms. The molecule has 1 rings (SSSR count). The number of nitrogens with zero attached hydrogens (tertiary/aromatic N) is 1. The summed E-state index contributed by atoms with van der Waals surface area (Å²) in [6.07, 6.45) is 0. The van der Waals surface area contributed by atoms with Crippen molar-refractivity contribution in [2.24, 2.45) is 5.73 Å². The number of pyridine rings is 1. The summed E-state index contributed by atoms with van der Waals surface area (Å²) >= 11 is 0. The fraction of sp³-hybridized carbons (Fsp3) is 0.333. The third-order valence-corrected chi connectivity index (χ3v) is 1.71. The molecule has 0 unspecified atom stereocenters. The molecule has 76 valence electrons. The zero-order valence-corrected chi connectivity index (χ0v) is 8.11. The van der Waals surface area contributed by atoms with Crippen molar-refractivity contribution in [1.29, 1.82) is 0 Å². The summed E-state index contributed by atoms with van der Waals surface area (Å²) in [5.41, 5.74) is 5.49. The number of carbonyl (C=O) groups excluding carboxylic acids is 1. The third kappa shape index (κ3) is 2.00. The molecule has 0 aliphatic rings. The molecule has 0 radical (unpaired) electrons. The lowest BCUT2D eigenvalue weighted by atomic mass is 10.2. The van der Waals surface area contributed by atoms with Crippen molar-refractivity contribution in [2.45, 2.75) is 0 Å². The first-order valence-corrected chi connectivity index (χ1v) is 4.05. The summed E-state index contributed by atoms with van der Waals surface area (Å²) in [5.74, 6) is 0.541. The fourth-order valence-electron chi connectivity index (χ4n) is 0.989. The summed E-state index contributed by atoms with van der Waals surface area (Å²) in [7, 11) is 2.96. The molecule has 0 aromatic carbocycles. The zero-order chi connectivity index (χ0) is 10.6. The van der Waals surface area contributed by atoms with Crippen molar-refractivity contribution in [3.8, 4) is 11.6 Å². The normalized spacial score (nSPS) is 9.64. The lowest BCUT2D eigenvalue weighted by Crippen LogP contribution is -2.15. The molecule has 0 fully saturated rings. The summed E-state index contributed by atoms with van der Waals surface area (Å²) in [4.78, 5) is 15.2. The van der Waals surface area contributed by atoms with Crippen LogP contribution in [0.2, 0.25) is 0 Å². The highest BCUT2D eigenvalue weighted by atomic mass is 16.5. The van der Waals surface area contributed by atoms with E-state index in [1.807, 2.05) is 0 Å². The molecular formula is C9H12N2O3. The summed E-state index contributed by atoms with van der Waals surface area (Å²) in [6.45, 7) is -0.0670. The number of ketones is 1. The van der Waals surface area contributed by atoms with Crippen molar-refractivity contribution in [3.05, 3.63) is 17.8 Å². The second-order valence-corrected chi connectivity index (χ2v) is 2.54. The van der Waals surface area contributed by atoms with Gasteiger partial charge in [0.2, 0.25) is 0 Å². The van der Waals surface area contributed by atoms with E-state index < -0.39 is 0 Å². The Bertz CT molecular complexity index is 339. The molecule has 0 saturated heterocycles. The van der Waals surface area contributed by atoms with Crippen LogP contribution in [0.5, 0.6) is 11.6 Å². The maximum absolute atomic E-state index is 11.2. The number of nitrogens with two attached hydrogens (primary N) is 1. The molecule has 0 aliphatic heterocycles. The highest BCUT2D eigenvalue weighted by Crippen LogP contribution is 2.23. The van der Waals surface area contributed by atoms with Gasteiger partial charge in [-0.05, 0) is 12.1 Å². The number of rotatable bonds is 4. The Labute approximate surface area is 81.8 Å². The Balaban J connectivity index is 3.07. The monoisotopic (exact) mass is 196 g/mol. The van der Waals surface area contributed by atoms with Crippen molar-refractivity contribution in [2.75, 3.05) is 20.8 Å². The SMILES string of the molecule is COc1ccc(C(=O)CN)nc1OC. The minimum atomic E-state index is -0.231. The lowest BCUT2D eigenvalue weighted by Gasteiger charge is -2.06. The number of hydrogen-bond acceptors (Lipinski definition) is 5. The first-order valence-electron chi connectivity index (χ1n) is 4.05. The highest BCUT2D eigenvalue weighted by molar-refractivity contribution is 5.95. The lowest BCUT2D eigenvalue weighted by molar-refractivity contribution is 0.0995. The average molecular weight is 196 g/mol. The van der Waals surface area contributed by atoms with Crippen LogP contribution in [-0.2, 0) is 0 Å². The van der Waals surface area contributed by atoms with Crippen molar-refractivity contribution >= 4 is 5.78 Å². The van der Waals surface area contributed by atoms with Gasteiger partial charge >= 0.3 is 0 Å². The molecule has 1 aromatic heterocycles. The maximum atomic E-state index is 11.2. The molecule has 1 aromatic rings. The van der Waals surface area contributed by atoms with Gasteiger partial charge in [-0.2, -0.15) is 0 Å². The van der Waals surface area contributed by atoms with Gasteiger partial charge in [-0.15, -0.1) is 0 Å². The number of hydrogen-bond donors (Lipinski definition) is 1. The van der Waals surface area contributed by atoms with Crippen LogP contribution in [0.1, 0.15) is 10.5 Å². The van der Waals surface area contributed by atoms with Crippen molar-refractivity contribution < 1.29 is 14.3 Å². The van der Waals surface area contributed by atoms with Crippen LogP contribution >= 0.6 is 0 Å². The minimum absolute atomic E-state index is 0.0670. The van der Waals surface area contributed by atoms with E-state index in [-0.39, 0.29) is 23.9 Å². The maximum Gasteiger partial charge on any atom is 0.257 e. The molecule has 0 bridgehead atoms. The van der Waals surface area contributed by atoms with Gasteiger partial charge in [0, 0.05) is 0 Å². The molecule has 2 N–H and O–H groups in total. The smallest absolute Gasteiger partial charge is 0.257 e. The summed E-state index contributed by atoms with van der Waals surface area (Å²) in [6, 6.07) is 3.17. The van der Waals surface area contributed by atoms with E-state index in [0.717, 1.165) is 0 Å². The number of aromatic nitrogens is 1. The van der Waals surface area contributed by atoms with E-state index in [2.05, 4.69) is 4.98 Å². The standard InChI is InChI=1S/C9H12N2O3/c1-13-8-4-3-6(7(12)5-10)11-9(8)14-2/h3-4H,5,10H2,1-2H3. The summed E-state index contributed by atoms with van der Waals surface area (Å²) in [5, 5.41) is 0. The van der Waals surface area contributed by atoms with Crippen LogP contribution in [-0.4, -0.2) is 31.5 Å². The number of carbonyl (C=O) groups is 1. The Hall–Kier alpha value is -1.62.